The van der Waals surface area contributed by atoms with Crippen molar-refractivity contribution in [1.29, 1.82) is 0 Å². The molecule has 0 heterocycles. The number of phosphoric ester groups is 1. The van der Waals surface area contributed by atoms with Crippen LogP contribution in [0.25, 0.3) is 0 Å². The van der Waals surface area contributed by atoms with Crippen LogP contribution in [0.2, 0.25) is 0 Å². The summed E-state index contributed by atoms with van der Waals surface area (Å²) in [5.74, 6) is 0.135. The second-order valence-corrected chi connectivity index (χ2v) is 4.92. The molecule has 0 aromatic heterocycles. The molecule has 0 aliphatic carbocycles. The van der Waals surface area contributed by atoms with Crippen molar-refractivity contribution >= 4 is 31.0 Å². The largest absolute Gasteiger partial charge is 0.473 e. The van der Waals surface area contributed by atoms with Crippen molar-refractivity contribution in [3.8, 4) is 0 Å². The van der Waals surface area contributed by atoms with E-state index in [0.717, 1.165) is 12.8 Å². The number of hydrogen-bond acceptors (Lipinski definition) is 3. The van der Waals surface area contributed by atoms with Crippen molar-refractivity contribution in [2.45, 2.75) is 31.7 Å². The zero-order chi connectivity index (χ0) is 11.0. The topological polar surface area (TPSA) is 55.8 Å². The normalized spacial score (nSPS) is 17.7. The van der Waals surface area contributed by atoms with E-state index in [-0.39, 0.29) is 12.5 Å². The van der Waals surface area contributed by atoms with Gasteiger partial charge in [-0.15, -0.1) is 11.6 Å². The highest BCUT2D eigenvalue weighted by molar-refractivity contribution is 7.47. The summed E-state index contributed by atoms with van der Waals surface area (Å²) in [6, 6.07) is 0. The van der Waals surface area contributed by atoms with Gasteiger partial charge in [-0.05, 0) is 12.8 Å². The Labute approximate surface area is 94.1 Å². The van der Waals surface area contributed by atoms with Gasteiger partial charge in [-0.25, -0.2) is 4.57 Å². The van der Waals surface area contributed by atoms with E-state index in [1.165, 1.54) is 0 Å². The van der Waals surface area contributed by atoms with Crippen molar-refractivity contribution < 1.29 is 18.5 Å². The van der Waals surface area contributed by atoms with Crippen LogP contribution in [0.1, 0.15) is 26.2 Å². The zero-order valence-electron chi connectivity index (χ0n) is 7.99. The highest BCUT2D eigenvalue weighted by Gasteiger charge is 2.24. The number of hydrogen-bond donors (Lipinski definition) is 1. The molecule has 0 spiro atoms. The summed E-state index contributed by atoms with van der Waals surface area (Å²) in [6.07, 6.45) is 2.31. The summed E-state index contributed by atoms with van der Waals surface area (Å²) in [5, 5.41) is 0. The Balaban J connectivity index is 3.76. The van der Waals surface area contributed by atoms with E-state index in [9.17, 15) is 4.57 Å². The van der Waals surface area contributed by atoms with Crippen LogP contribution in [-0.2, 0) is 13.6 Å². The van der Waals surface area contributed by atoms with Crippen LogP contribution in [0.3, 0.4) is 0 Å². The maximum absolute atomic E-state index is 11.1. The van der Waals surface area contributed by atoms with E-state index < -0.39 is 13.4 Å². The predicted molar refractivity (Wildman–Crippen MR) is 56.7 cm³/mol. The minimum absolute atomic E-state index is 0.0350. The fourth-order valence-corrected chi connectivity index (χ4v) is 2.16. The zero-order valence-corrected chi connectivity index (χ0v) is 10.4. The SMILES string of the molecule is CCCCC(Cl)OP(=O)(O)OCCCl. The lowest BCUT2D eigenvalue weighted by atomic mass is 10.3. The fourth-order valence-electron chi connectivity index (χ4n) is 0.742. The Morgan fingerprint density at radius 3 is 2.71 bits per heavy atom. The summed E-state index contributed by atoms with van der Waals surface area (Å²) in [4.78, 5) is 9.08. The van der Waals surface area contributed by atoms with E-state index in [4.69, 9.17) is 28.1 Å². The van der Waals surface area contributed by atoms with Crippen molar-refractivity contribution in [3.63, 3.8) is 0 Å². The lowest BCUT2D eigenvalue weighted by Crippen LogP contribution is -2.06. The summed E-state index contributed by atoms with van der Waals surface area (Å²) >= 11 is 10.9. The van der Waals surface area contributed by atoms with Crippen LogP contribution in [0.5, 0.6) is 0 Å². The summed E-state index contributed by atoms with van der Waals surface area (Å²) in [6.45, 7) is 1.96. The van der Waals surface area contributed by atoms with Crippen LogP contribution in [0.4, 0.5) is 0 Å². The van der Waals surface area contributed by atoms with Gasteiger partial charge in [-0.1, -0.05) is 24.9 Å². The van der Waals surface area contributed by atoms with Crippen LogP contribution in [0.15, 0.2) is 0 Å². The molecule has 0 aromatic carbocycles. The molecule has 14 heavy (non-hydrogen) atoms. The van der Waals surface area contributed by atoms with Crippen LogP contribution in [-0.4, -0.2) is 22.9 Å². The molecule has 7 heteroatoms. The summed E-state index contributed by atoms with van der Waals surface area (Å²) in [7, 11) is -4.02. The minimum Gasteiger partial charge on any atom is -0.302 e. The standard InChI is InChI=1S/C7H15Cl2O4P/c1-2-3-4-7(9)13-14(10,11)12-6-5-8/h7H,2-6H2,1H3,(H,10,11). The number of phosphoric acid groups is 1. The van der Waals surface area contributed by atoms with Gasteiger partial charge < -0.3 is 4.89 Å². The number of alkyl halides is 2. The average Bonchev–Trinajstić information content (AvgIpc) is 2.11. The molecule has 0 aliphatic rings. The molecular weight excluding hydrogens is 250 g/mol. The molecule has 0 saturated carbocycles. The first-order valence-corrected chi connectivity index (χ1v) is 6.84. The molecule has 0 rings (SSSR count). The third-order valence-corrected chi connectivity index (χ3v) is 2.98. The minimum atomic E-state index is -4.02. The lowest BCUT2D eigenvalue weighted by Gasteiger charge is -2.15. The quantitative estimate of drug-likeness (QED) is 0.541. The van der Waals surface area contributed by atoms with Crippen molar-refractivity contribution in [2.24, 2.45) is 0 Å². The van der Waals surface area contributed by atoms with Crippen molar-refractivity contribution in [1.82, 2.24) is 0 Å². The Morgan fingerprint density at radius 2 is 2.21 bits per heavy atom. The van der Waals surface area contributed by atoms with Gasteiger partial charge in [0.2, 0.25) is 0 Å². The monoisotopic (exact) mass is 264 g/mol. The molecule has 0 radical (unpaired) electrons. The maximum atomic E-state index is 11.1. The summed E-state index contributed by atoms with van der Waals surface area (Å²) < 4.78 is 20.3. The first kappa shape index (κ1) is 14.7. The molecule has 0 fully saturated rings. The Hall–Kier alpha value is 0.690. The van der Waals surface area contributed by atoms with Crippen molar-refractivity contribution in [2.75, 3.05) is 12.5 Å². The van der Waals surface area contributed by atoms with Gasteiger partial charge >= 0.3 is 7.82 Å². The van der Waals surface area contributed by atoms with E-state index in [1.807, 2.05) is 6.92 Å². The molecule has 0 aliphatic heterocycles. The van der Waals surface area contributed by atoms with E-state index in [2.05, 4.69) is 9.05 Å². The smallest absolute Gasteiger partial charge is 0.302 e. The third kappa shape index (κ3) is 8.04. The Kier molecular flexibility index (Phi) is 8.30. The lowest BCUT2D eigenvalue weighted by molar-refractivity contribution is 0.138. The second-order valence-electron chi connectivity index (χ2n) is 2.65. The number of unbranched alkanes of at least 4 members (excludes halogenated alkanes) is 1. The van der Waals surface area contributed by atoms with Gasteiger partial charge in [-0.3, -0.25) is 9.05 Å². The van der Waals surface area contributed by atoms with E-state index in [0.29, 0.717) is 6.42 Å². The van der Waals surface area contributed by atoms with Crippen LogP contribution in [0, 0.1) is 0 Å². The third-order valence-electron chi connectivity index (χ3n) is 1.36. The molecular formula is C7H15Cl2O4P. The molecule has 2 atom stereocenters. The predicted octanol–water partition coefficient (Wildman–Crippen LogP) is 3.11. The molecule has 1 N–H and O–H groups in total. The van der Waals surface area contributed by atoms with E-state index >= 15 is 0 Å². The second kappa shape index (κ2) is 7.91. The van der Waals surface area contributed by atoms with Gasteiger partial charge in [0.15, 0.2) is 0 Å². The molecule has 0 saturated heterocycles. The molecule has 86 valence electrons. The van der Waals surface area contributed by atoms with Crippen molar-refractivity contribution in [3.05, 3.63) is 0 Å². The van der Waals surface area contributed by atoms with Crippen LogP contribution >= 0.6 is 31.0 Å². The van der Waals surface area contributed by atoms with Crippen LogP contribution < -0.4 is 0 Å². The molecule has 2 unspecified atom stereocenters. The highest BCUT2D eigenvalue weighted by atomic mass is 35.5. The molecule has 4 nitrogen and oxygen atoms in total. The first-order chi connectivity index (χ1) is 6.52. The molecule has 0 aromatic rings. The molecule has 0 amide bonds. The average molecular weight is 265 g/mol. The number of rotatable bonds is 8. The maximum Gasteiger partial charge on any atom is 0.473 e. The first-order valence-electron chi connectivity index (χ1n) is 4.37. The van der Waals surface area contributed by atoms with Gasteiger partial charge in [0.1, 0.15) is 5.56 Å². The fraction of sp³-hybridized carbons (Fsp3) is 1.00. The van der Waals surface area contributed by atoms with Gasteiger partial charge in [-0.2, -0.15) is 0 Å². The summed E-state index contributed by atoms with van der Waals surface area (Å²) in [5.41, 5.74) is -0.791. The van der Waals surface area contributed by atoms with Gasteiger partial charge in [0, 0.05) is 5.88 Å². The highest BCUT2D eigenvalue weighted by Crippen LogP contribution is 2.45. The Morgan fingerprint density at radius 1 is 1.57 bits per heavy atom. The van der Waals surface area contributed by atoms with Gasteiger partial charge in [0.05, 0.1) is 6.61 Å². The molecule has 0 bridgehead atoms. The number of halogens is 2. The van der Waals surface area contributed by atoms with Gasteiger partial charge in [0.25, 0.3) is 0 Å². The Bertz CT molecular complexity index is 191. The van der Waals surface area contributed by atoms with E-state index in [1.54, 1.807) is 0 Å².